The van der Waals surface area contributed by atoms with E-state index in [0.29, 0.717) is 40.2 Å². The first-order valence-electron chi connectivity index (χ1n) is 8.76. The van der Waals surface area contributed by atoms with Crippen LogP contribution in [0.1, 0.15) is 12.0 Å². The third-order valence-electron chi connectivity index (χ3n) is 4.14. The highest BCUT2D eigenvalue weighted by molar-refractivity contribution is 6.42. The van der Waals surface area contributed by atoms with E-state index in [2.05, 4.69) is 10.6 Å². The molecule has 29 heavy (non-hydrogen) atoms. The lowest BCUT2D eigenvalue weighted by Gasteiger charge is -2.15. The second-order valence-corrected chi connectivity index (χ2v) is 6.98. The van der Waals surface area contributed by atoms with Gasteiger partial charge in [0.15, 0.2) is 11.5 Å². The van der Waals surface area contributed by atoms with E-state index in [1.807, 2.05) is 12.1 Å². The van der Waals surface area contributed by atoms with E-state index in [0.717, 1.165) is 5.56 Å². The number of anilines is 1. The van der Waals surface area contributed by atoms with Gasteiger partial charge < -0.3 is 25.2 Å². The van der Waals surface area contributed by atoms with Crippen molar-refractivity contribution in [3.63, 3.8) is 0 Å². The first-order chi connectivity index (χ1) is 13.8. The first kappa shape index (κ1) is 22.8. The molecule has 2 aromatic rings. The quantitative estimate of drug-likeness (QED) is 0.521. The van der Waals surface area contributed by atoms with Crippen molar-refractivity contribution in [1.82, 2.24) is 5.32 Å². The highest BCUT2D eigenvalue weighted by Gasteiger charge is 2.21. The minimum absolute atomic E-state index is 0.235. The number of amides is 1. The predicted molar refractivity (Wildman–Crippen MR) is 112 cm³/mol. The van der Waals surface area contributed by atoms with Crippen molar-refractivity contribution < 1.29 is 24.2 Å². The Morgan fingerprint density at radius 1 is 1.03 bits per heavy atom. The molecule has 0 fully saturated rings. The number of aliphatic carboxylic acids is 1. The Labute approximate surface area is 178 Å². The van der Waals surface area contributed by atoms with Crippen LogP contribution in [0, 0.1) is 0 Å². The SMILES string of the molecule is COc1ccc(CCNC(CC(=O)Nc2ccc(Cl)c(Cl)c2)C(=O)O)cc1OC. The molecule has 0 spiro atoms. The number of nitrogens with one attached hydrogen (secondary N) is 2. The van der Waals surface area contributed by atoms with E-state index < -0.39 is 17.9 Å². The van der Waals surface area contributed by atoms with Gasteiger partial charge in [0.25, 0.3) is 0 Å². The molecule has 0 saturated heterocycles. The number of methoxy groups -OCH3 is 2. The smallest absolute Gasteiger partial charge is 0.321 e. The molecule has 9 heteroatoms. The van der Waals surface area contributed by atoms with Crippen molar-refractivity contribution in [2.24, 2.45) is 0 Å². The number of hydrogen-bond acceptors (Lipinski definition) is 5. The molecule has 2 rings (SSSR count). The number of carboxylic acid groups (broad SMARTS) is 1. The maximum Gasteiger partial charge on any atom is 0.321 e. The van der Waals surface area contributed by atoms with Crippen LogP contribution in [0.5, 0.6) is 11.5 Å². The largest absolute Gasteiger partial charge is 0.493 e. The van der Waals surface area contributed by atoms with Crippen LogP contribution >= 0.6 is 23.2 Å². The van der Waals surface area contributed by atoms with E-state index in [1.165, 1.54) is 6.07 Å². The van der Waals surface area contributed by atoms with E-state index in [9.17, 15) is 14.7 Å². The summed E-state index contributed by atoms with van der Waals surface area (Å²) in [7, 11) is 3.10. The van der Waals surface area contributed by atoms with Gasteiger partial charge in [-0.05, 0) is 48.9 Å². The molecule has 156 valence electrons. The molecule has 0 saturated carbocycles. The monoisotopic (exact) mass is 440 g/mol. The number of halogens is 2. The van der Waals surface area contributed by atoms with Crippen LogP contribution in [-0.4, -0.2) is 43.8 Å². The van der Waals surface area contributed by atoms with Gasteiger partial charge in [-0.3, -0.25) is 9.59 Å². The van der Waals surface area contributed by atoms with Crippen LogP contribution in [0.15, 0.2) is 36.4 Å². The average Bonchev–Trinajstić information content (AvgIpc) is 2.69. The maximum atomic E-state index is 12.2. The molecule has 0 aromatic heterocycles. The Morgan fingerprint density at radius 3 is 2.38 bits per heavy atom. The fourth-order valence-corrected chi connectivity index (χ4v) is 2.94. The van der Waals surface area contributed by atoms with E-state index in [4.69, 9.17) is 32.7 Å². The van der Waals surface area contributed by atoms with Crippen LogP contribution in [0.2, 0.25) is 10.0 Å². The number of carboxylic acids is 1. The van der Waals surface area contributed by atoms with Gasteiger partial charge in [-0.25, -0.2) is 0 Å². The second-order valence-electron chi connectivity index (χ2n) is 6.17. The highest BCUT2D eigenvalue weighted by Crippen LogP contribution is 2.27. The van der Waals surface area contributed by atoms with Gasteiger partial charge in [-0.2, -0.15) is 0 Å². The molecule has 3 N–H and O–H groups in total. The van der Waals surface area contributed by atoms with Gasteiger partial charge in [0.2, 0.25) is 5.91 Å². The van der Waals surface area contributed by atoms with E-state index in [-0.39, 0.29) is 6.42 Å². The molecule has 1 atom stereocenters. The predicted octanol–water partition coefficient (Wildman–Crippen LogP) is 3.62. The van der Waals surface area contributed by atoms with Gasteiger partial charge in [0, 0.05) is 5.69 Å². The lowest BCUT2D eigenvalue weighted by molar-refractivity contribution is -0.141. The fraction of sp³-hybridized carbons (Fsp3) is 0.300. The second kappa shape index (κ2) is 10.9. The standard InChI is InChI=1S/C20H22Cl2N2O5/c1-28-17-6-3-12(9-18(17)29-2)7-8-23-16(20(26)27)11-19(25)24-13-4-5-14(21)15(22)10-13/h3-6,9-10,16,23H,7-8,11H2,1-2H3,(H,24,25)(H,26,27). The number of ether oxygens (including phenoxy) is 2. The van der Waals surface area contributed by atoms with E-state index >= 15 is 0 Å². The van der Waals surface area contributed by atoms with Gasteiger partial charge in [-0.1, -0.05) is 29.3 Å². The third-order valence-corrected chi connectivity index (χ3v) is 4.88. The van der Waals surface area contributed by atoms with E-state index in [1.54, 1.807) is 32.4 Å². The van der Waals surface area contributed by atoms with Crippen LogP contribution in [0.4, 0.5) is 5.69 Å². The van der Waals surface area contributed by atoms with Gasteiger partial charge in [-0.15, -0.1) is 0 Å². The highest BCUT2D eigenvalue weighted by atomic mass is 35.5. The minimum Gasteiger partial charge on any atom is -0.493 e. The molecule has 0 radical (unpaired) electrons. The average molecular weight is 441 g/mol. The molecule has 7 nitrogen and oxygen atoms in total. The number of carbonyl (C=O) groups is 2. The third kappa shape index (κ3) is 6.81. The molecular weight excluding hydrogens is 419 g/mol. The summed E-state index contributed by atoms with van der Waals surface area (Å²) in [5.74, 6) is -0.344. The zero-order valence-electron chi connectivity index (χ0n) is 16.0. The van der Waals surface area contributed by atoms with Crippen molar-refractivity contribution in [3.05, 3.63) is 52.0 Å². The van der Waals surface area contributed by atoms with Crippen LogP contribution < -0.4 is 20.1 Å². The number of carbonyl (C=O) groups excluding carboxylic acids is 1. The van der Waals surface area contributed by atoms with Crippen molar-refractivity contribution in [2.45, 2.75) is 18.9 Å². The summed E-state index contributed by atoms with van der Waals surface area (Å²) < 4.78 is 10.5. The number of rotatable bonds is 10. The Morgan fingerprint density at radius 2 is 1.76 bits per heavy atom. The summed E-state index contributed by atoms with van der Waals surface area (Å²) in [6, 6.07) is 9.10. The van der Waals surface area contributed by atoms with Crippen molar-refractivity contribution >= 4 is 40.8 Å². The summed E-state index contributed by atoms with van der Waals surface area (Å²) >= 11 is 11.8. The summed E-state index contributed by atoms with van der Waals surface area (Å²) in [6.45, 7) is 0.368. The Kier molecular flexibility index (Phi) is 8.57. The Bertz CT molecular complexity index is 876. The van der Waals surface area contributed by atoms with Crippen molar-refractivity contribution in [1.29, 1.82) is 0 Å². The molecule has 2 aromatic carbocycles. The van der Waals surface area contributed by atoms with Crippen LogP contribution in [0.25, 0.3) is 0 Å². The van der Waals surface area contributed by atoms with Gasteiger partial charge in [0.05, 0.1) is 30.7 Å². The molecule has 0 aliphatic carbocycles. The van der Waals surface area contributed by atoms with Crippen molar-refractivity contribution in [3.8, 4) is 11.5 Å². The Balaban J connectivity index is 1.90. The zero-order chi connectivity index (χ0) is 21.4. The normalized spacial score (nSPS) is 11.6. The molecule has 1 unspecified atom stereocenters. The fourth-order valence-electron chi connectivity index (χ4n) is 2.64. The minimum atomic E-state index is -1.11. The molecule has 0 aliphatic rings. The van der Waals surface area contributed by atoms with Crippen LogP contribution in [-0.2, 0) is 16.0 Å². The summed E-state index contributed by atoms with van der Waals surface area (Å²) in [6.07, 6.45) is 0.320. The molecule has 0 aliphatic heterocycles. The number of benzene rings is 2. The summed E-state index contributed by atoms with van der Waals surface area (Å²) in [5.41, 5.74) is 1.39. The topological polar surface area (TPSA) is 96.9 Å². The summed E-state index contributed by atoms with van der Waals surface area (Å²) in [5, 5.41) is 15.6. The van der Waals surface area contributed by atoms with Gasteiger partial charge >= 0.3 is 5.97 Å². The molecule has 0 heterocycles. The maximum absolute atomic E-state index is 12.2. The summed E-state index contributed by atoms with van der Waals surface area (Å²) in [4.78, 5) is 23.7. The van der Waals surface area contributed by atoms with Gasteiger partial charge in [0.1, 0.15) is 6.04 Å². The lowest BCUT2D eigenvalue weighted by Crippen LogP contribution is -2.40. The van der Waals surface area contributed by atoms with Crippen LogP contribution in [0.3, 0.4) is 0 Å². The zero-order valence-corrected chi connectivity index (χ0v) is 17.5. The molecular formula is C20H22Cl2N2O5. The lowest BCUT2D eigenvalue weighted by atomic mass is 10.1. The Hall–Kier alpha value is -2.48. The molecule has 0 bridgehead atoms. The van der Waals surface area contributed by atoms with Crippen molar-refractivity contribution in [2.75, 3.05) is 26.1 Å². The first-order valence-corrected chi connectivity index (χ1v) is 9.51. The molecule has 1 amide bonds. The number of hydrogen-bond donors (Lipinski definition) is 3.